The van der Waals surface area contributed by atoms with Crippen molar-refractivity contribution in [3.05, 3.63) is 71.3 Å². The molecule has 1 N–H and O–H groups in total. The van der Waals surface area contributed by atoms with Gasteiger partial charge in [0.15, 0.2) is 0 Å². The van der Waals surface area contributed by atoms with E-state index in [0.29, 0.717) is 13.0 Å². The number of nitrogens with one attached hydrogen (secondary N) is 1. The van der Waals surface area contributed by atoms with Crippen molar-refractivity contribution in [2.24, 2.45) is 0 Å². The fraction of sp³-hybridized carbons (Fsp3) is 0.440. The first-order valence-corrected chi connectivity index (χ1v) is 10.7. The minimum absolute atomic E-state index is 0.0249. The van der Waals surface area contributed by atoms with Crippen molar-refractivity contribution < 1.29 is 9.59 Å². The summed E-state index contributed by atoms with van der Waals surface area (Å²) in [5, 5.41) is 3.18. The minimum atomic E-state index is -0.505. The Kier molecular flexibility index (Phi) is 7.45. The monoisotopic (exact) mass is 392 g/mol. The number of amides is 2. The van der Waals surface area contributed by atoms with Crippen LogP contribution in [0.5, 0.6) is 0 Å². The maximum Gasteiger partial charge on any atom is 0.242 e. The molecule has 0 aromatic heterocycles. The second-order valence-electron chi connectivity index (χ2n) is 8.19. The number of hydrogen-bond acceptors (Lipinski definition) is 2. The molecule has 4 nitrogen and oxygen atoms in total. The molecular formula is C25H32N2O2. The van der Waals surface area contributed by atoms with Crippen LogP contribution in [-0.4, -0.2) is 28.8 Å². The second-order valence-corrected chi connectivity index (χ2v) is 8.19. The molecule has 1 saturated carbocycles. The van der Waals surface area contributed by atoms with Crippen molar-refractivity contribution in [3.63, 3.8) is 0 Å². The molecule has 0 aliphatic heterocycles. The van der Waals surface area contributed by atoms with E-state index in [1.807, 2.05) is 68.4 Å². The van der Waals surface area contributed by atoms with Crippen LogP contribution >= 0.6 is 0 Å². The third-order valence-corrected chi connectivity index (χ3v) is 5.79. The summed E-state index contributed by atoms with van der Waals surface area (Å²) in [6, 6.07) is 17.6. The molecule has 0 unspecified atom stereocenters. The van der Waals surface area contributed by atoms with Gasteiger partial charge in [-0.05, 0) is 37.8 Å². The van der Waals surface area contributed by atoms with Gasteiger partial charge in [0.2, 0.25) is 11.8 Å². The highest BCUT2D eigenvalue weighted by Crippen LogP contribution is 2.18. The van der Waals surface area contributed by atoms with Crippen molar-refractivity contribution in [3.8, 4) is 0 Å². The lowest BCUT2D eigenvalue weighted by Gasteiger charge is -2.31. The standard InChI is InChI=1S/C25H32N2O2/c1-19-13-15-22(16-14-19)18-27(24(28)17-21-9-5-3-6-10-21)20(2)25(29)26-23-11-7-4-8-12-23/h3,5-6,9-10,13-16,20,23H,4,7-8,11-12,17-18H2,1-2H3,(H,26,29)/t20-/m1/s1. The molecule has 4 heteroatoms. The largest absolute Gasteiger partial charge is 0.352 e. The highest BCUT2D eigenvalue weighted by atomic mass is 16.2. The molecule has 1 aliphatic rings. The van der Waals surface area contributed by atoms with Gasteiger partial charge in [0, 0.05) is 12.6 Å². The molecule has 0 bridgehead atoms. The molecule has 0 heterocycles. The SMILES string of the molecule is Cc1ccc(CN(C(=O)Cc2ccccc2)[C@H](C)C(=O)NC2CCCCC2)cc1. The number of carbonyl (C=O) groups is 2. The van der Waals surface area contributed by atoms with E-state index in [2.05, 4.69) is 5.32 Å². The van der Waals surface area contributed by atoms with Gasteiger partial charge in [0.25, 0.3) is 0 Å². The summed E-state index contributed by atoms with van der Waals surface area (Å²) in [7, 11) is 0. The van der Waals surface area contributed by atoms with E-state index in [0.717, 1.165) is 24.0 Å². The predicted molar refractivity (Wildman–Crippen MR) is 116 cm³/mol. The summed E-state index contributed by atoms with van der Waals surface area (Å²) in [4.78, 5) is 27.8. The molecule has 2 aromatic rings. The predicted octanol–water partition coefficient (Wildman–Crippen LogP) is 4.40. The summed E-state index contributed by atoms with van der Waals surface area (Å²) < 4.78 is 0. The third kappa shape index (κ3) is 6.18. The zero-order valence-corrected chi connectivity index (χ0v) is 17.6. The Morgan fingerprint density at radius 2 is 1.62 bits per heavy atom. The average molecular weight is 393 g/mol. The molecule has 0 saturated heterocycles. The van der Waals surface area contributed by atoms with Crippen molar-refractivity contribution in [2.45, 2.75) is 71.0 Å². The molecule has 0 spiro atoms. The lowest BCUT2D eigenvalue weighted by Crippen LogP contribution is -2.50. The van der Waals surface area contributed by atoms with Gasteiger partial charge < -0.3 is 10.2 Å². The Labute approximate surface area is 174 Å². The highest BCUT2D eigenvalue weighted by Gasteiger charge is 2.28. The van der Waals surface area contributed by atoms with E-state index in [1.54, 1.807) is 4.90 Å². The van der Waals surface area contributed by atoms with E-state index in [9.17, 15) is 9.59 Å². The maximum atomic E-state index is 13.2. The van der Waals surface area contributed by atoms with Crippen molar-refractivity contribution in [2.75, 3.05) is 0 Å². The normalized spacial score (nSPS) is 15.5. The van der Waals surface area contributed by atoms with Gasteiger partial charge in [-0.25, -0.2) is 0 Å². The molecule has 1 fully saturated rings. The second kappa shape index (κ2) is 10.2. The van der Waals surface area contributed by atoms with Gasteiger partial charge in [0.1, 0.15) is 6.04 Å². The topological polar surface area (TPSA) is 49.4 Å². The van der Waals surface area contributed by atoms with Gasteiger partial charge in [-0.2, -0.15) is 0 Å². The van der Waals surface area contributed by atoms with Crippen LogP contribution in [-0.2, 0) is 22.6 Å². The van der Waals surface area contributed by atoms with Crippen LogP contribution in [0.1, 0.15) is 55.7 Å². The third-order valence-electron chi connectivity index (χ3n) is 5.79. The van der Waals surface area contributed by atoms with E-state index in [-0.39, 0.29) is 17.9 Å². The minimum Gasteiger partial charge on any atom is -0.352 e. The Balaban J connectivity index is 1.73. The first kappa shape index (κ1) is 21.1. The highest BCUT2D eigenvalue weighted by molar-refractivity contribution is 5.88. The summed E-state index contributed by atoms with van der Waals surface area (Å²) in [5.74, 6) is -0.0755. The van der Waals surface area contributed by atoms with Crippen molar-refractivity contribution in [1.29, 1.82) is 0 Å². The van der Waals surface area contributed by atoms with E-state index in [1.165, 1.54) is 24.8 Å². The molecule has 1 aliphatic carbocycles. The Hall–Kier alpha value is -2.62. The number of carbonyl (C=O) groups excluding carboxylic acids is 2. The van der Waals surface area contributed by atoms with Crippen molar-refractivity contribution in [1.82, 2.24) is 10.2 Å². The van der Waals surface area contributed by atoms with Gasteiger partial charge in [-0.3, -0.25) is 9.59 Å². The Morgan fingerprint density at radius 3 is 2.28 bits per heavy atom. The summed E-state index contributed by atoms with van der Waals surface area (Å²) in [6.07, 6.45) is 5.95. The molecule has 29 heavy (non-hydrogen) atoms. The van der Waals surface area contributed by atoms with E-state index >= 15 is 0 Å². The smallest absolute Gasteiger partial charge is 0.242 e. The van der Waals surface area contributed by atoms with Gasteiger partial charge in [0.05, 0.1) is 6.42 Å². The van der Waals surface area contributed by atoms with E-state index < -0.39 is 6.04 Å². The number of rotatable bonds is 7. The summed E-state index contributed by atoms with van der Waals surface area (Å²) in [6.45, 7) is 4.32. The zero-order valence-electron chi connectivity index (χ0n) is 17.6. The molecule has 2 aromatic carbocycles. The number of benzene rings is 2. The van der Waals surface area contributed by atoms with E-state index in [4.69, 9.17) is 0 Å². The van der Waals surface area contributed by atoms with Crippen LogP contribution in [0.15, 0.2) is 54.6 Å². The fourth-order valence-corrected chi connectivity index (χ4v) is 3.91. The average Bonchev–Trinajstić information content (AvgIpc) is 2.74. The Bertz CT molecular complexity index is 795. The van der Waals surface area contributed by atoms with Crippen LogP contribution in [0.25, 0.3) is 0 Å². The molecule has 3 rings (SSSR count). The molecule has 2 amide bonds. The molecule has 154 valence electrons. The lowest BCUT2D eigenvalue weighted by molar-refractivity contribution is -0.140. The van der Waals surface area contributed by atoms with Gasteiger partial charge in [-0.15, -0.1) is 0 Å². The molecule has 1 atom stereocenters. The first-order chi connectivity index (χ1) is 14.0. The summed E-state index contributed by atoms with van der Waals surface area (Å²) >= 11 is 0. The zero-order chi connectivity index (χ0) is 20.6. The van der Waals surface area contributed by atoms with Crippen LogP contribution in [0.3, 0.4) is 0 Å². The van der Waals surface area contributed by atoms with Crippen LogP contribution in [0.4, 0.5) is 0 Å². The summed E-state index contributed by atoms with van der Waals surface area (Å²) in [5.41, 5.74) is 3.18. The van der Waals surface area contributed by atoms with Crippen molar-refractivity contribution >= 4 is 11.8 Å². The number of hydrogen-bond donors (Lipinski definition) is 1. The fourth-order valence-electron chi connectivity index (χ4n) is 3.91. The van der Waals surface area contributed by atoms with Gasteiger partial charge >= 0.3 is 0 Å². The first-order valence-electron chi connectivity index (χ1n) is 10.7. The van der Waals surface area contributed by atoms with Crippen LogP contribution in [0.2, 0.25) is 0 Å². The number of aryl methyl sites for hydroxylation is 1. The molecular weight excluding hydrogens is 360 g/mol. The van der Waals surface area contributed by atoms with Gasteiger partial charge in [-0.1, -0.05) is 79.4 Å². The lowest BCUT2D eigenvalue weighted by atomic mass is 9.95. The quantitative estimate of drug-likeness (QED) is 0.759. The van der Waals surface area contributed by atoms with Crippen LogP contribution < -0.4 is 5.32 Å². The molecule has 0 radical (unpaired) electrons. The van der Waals surface area contributed by atoms with Crippen LogP contribution in [0, 0.1) is 6.92 Å². The number of nitrogens with zero attached hydrogens (tertiary/aromatic N) is 1. The Morgan fingerprint density at radius 1 is 0.966 bits per heavy atom. The maximum absolute atomic E-state index is 13.2.